The molecule has 9 aromatic carbocycles. The topological polar surface area (TPSA) is 14.2 Å². The van der Waals surface area contributed by atoms with Crippen LogP contribution in [0, 0.1) is 0 Å². The molecule has 0 N–H and O–H groups in total. The van der Waals surface area contributed by atoms with E-state index in [9.17, 15) is 0 Å². The molecular formula is C60H45NOSi. The van der Waals surface area contributed by atoms with Crippen LogP contribution in [0.1, 0.15) is 49.9 Å². The van der Waals surface area contributed by atoms with E-state index in [2.05, 4.69) is 232 Å². The van der Waals surface area contributed by atoms with Crippen LogP contribution in [-0.2, 0) is 10.8 Å². The molecule has 0 radical (unpaired) electrons. The monoisotopic (exact) mass is 823 g/mol. The molecule has 3 aliphatic rings. The lowest BCUT2D eigenvalue weighted by Gasteiger charge is -2.40. The first-order valence-corrected chi connectivity index (χ1v) is 24.3. The molecule has 1 unspecified atom stereocenters. The molecular weight excluding hydrogens is 779 g/mol. The summed E-state index contributed by atoms with van der Waals surface area (Å²) in [5.74, 6) is 1.88. The van der Waals surface area contributed by atoms with Crippen LogP contribution < -0.4 is 25.5 Å². The second-order valence-electron chi connectivity index (χ2n) is 18.8. The number of hydrogen-bond acceptors (Lipinski definition) is 1. The SMILES string of the molecule is CC1(C)c2ccccc2-c2ccc([Si]3(c4ccc(-n5c6ccccc6c6ccccc65)cc4)c4ccccc4Oc4cc(-c5cccc6c5-c5ccccc5C6(C)C)ccc43)cc21. The molecule has 1 atom stereocenters. The third-order valence-electron chi connectivity index (χ3n) is 15.0. The van der Waals surface area contributed by atoms with Gasteiger partial charge in [0.1, 0.15) is 11.5 Å². The average Bonchev–Trinajstić information content (AvgIpc) is 3.87. The van der Waals surface area contributed by atoms with E-state index in [0.29, 0.717) is 0 Å². The van der Waals surface area contributed by atoms with Crippen LogP contribution >= 0.6 is 0 Å². The molecule has 3 heteroatoms. The smallest absolute Gasteiger partial charge is 0.188 e. The molecule has 0 fully saturated rings. The van der Waals surface area contributed by atoms with Gasteiger partial charge in [0.25, 0.3) is 0 Å². The normalized spacial score (nSPS) is 17.0. The Labute approximate surface area is 369 Å². The highest BCUT2D eigenvalue weighted by molar-refractivity contribution is 7.20. The Kier molecular flexibility index (Phi) is 7.47. The molecule has 2 nitrogen and oxygen atoms in total. The van der Waals surface area contributed by atoms with Gasteiger partial charge in [0.05, 0.1) is 11.0 Å². The van der Waals surface area contributed by atoms with Gasteiger partial charge in [-0.05, 0) is 113 Å². The van der Waals surface area contributed by atoms with Gasteiger partial charge >= 0.3 is 0 Å². The molecule has 0 bridgehead atoms. The highest BCUT2D eigenvalue weighted by Gasteiger charge is 2.49. The van der Waals surface area contributed by atoms with Crippen molar-refractivity contribution in [1.82, 2.24) is 4.57 Å². The molecule has 10 aromatic rings. The Bertz CT molecular complexity index is 3500. The van der Waals surface area contributed by atoms with Crippen molar-refractivity contribution in [2.24, 2.45) is 0 Å². The van der Waals surface area contributed by atoms with Gasteiger partial charge in [-0.2, -0.15) is 0 Å². The number of benzene rings is 9. The predicted molar refractivity (Wildman–Crippen MR) is 265 cm³/mol. The highest BCUT2D eigenvalue weighted by atomic mass is 28.3. The summed E-state index contributed by atoms with van der Waals surface area (Å²) in [4.78, 5) is 0. The van der Waals surface area contributed by atoms with E-state index < -0.39 is 8.07 Å². The van der Waals surface area contributed by atoms with Crippen LogP contribution in [0.5, 0.6) is 11.5 Å². The molecule has 0 saturated heterocycles. The van der Waals surface area contributed by atoms with Crippen molar-refractivity contribution >= 4 is 50.6 Å². The standard InChI is InChI=1S/C60H45NOSi/c1-59(2)49-22-10-6-19-47(49)58-42(20-15-23-50(58)59)38-28-35-57-55(36-38)62-54-26-13-14-27-56(54)63(57,41-33-34-44-43-16-5-9-21-48(43)60(3,4)51(44)37-41)40-31-29-39(30-32-40)61-52-24-11-7-17-45(52)46-18-8-12-25-53(46)61/h5-37H,1-4H3. The predicted octanol–water partition coefficient (Wildman–Crippen LogP) is 12.5. The lowest BCUT2D eigenvalue weighted by molar-refractivity contribution is 0.487. The van der Waals surface area contributed by atoms with E-state index in [0.717, 1.165) is 17.2 Å². The van der Waals surface area contributed by atoms with Crippen LogP contribution in [-0.4, -0.2) is 12.6 Å². The number of rotatable bonds is 4. The van der Waals surface area contributed by atoms with Gasteiger partial charge in [0.2, 0.25) is 0 Å². The molecule has 2 heterocycles. The van der Waals surface area contributed by atoms with Gasteiger partial charge in [-0.1, -0.05) is 191 Å². The molecule has 0 spiro atoms. The van der Waals surface area contributed by atoms with Crippen molar-refractivity contribution < 1.29 is 4.74 Å². The fourth-order valence-corrected chi connectivity index (χ4v) is 16.9. The maximum atomic E-state index is 7.16. The largest absolute Gasteiger partial charge is 0.458 e. The Morgan fingerprint density at radius 2 is 0.952 bits per heavy atom. The maximum Gasteiger partial charge on any atom is 0.188 e. The van der Waals surface area contributed by atoms with E-state index in [4.69, 9.17) is 4.74 Å². The zero-order valence-electron chi connectivity index (χ0n) is 35.9. The number of para-hydroxylation sites is 3. The van der Waals surface area contributed by atoms with Crippen molar-refractivity contribution in [3.8, 4) is 50.6 Å². The van der Waals surface area contributed by atoms with Crippen LogP contribution in [0.25, 0.3) is 60.9 Å². The first-order valence-electron chi connectivity index (χ1n) is 22.3. The molecule has 300 valence electrons. The number of hydrogen-bond donors (Lipinski definition) is 0. The fourth-order valence-electron chi connectivity index (χ4n) is 12.0. The van der Waals surface area contributed by atoms with Gasteiger partial charge in [0, 0.05) is 27.3 Å². The molecule has 13 rings (SSSR count). The van der Waals surface area contributed by atoms with Crippen molar-refractivity contribution in [1.29, 1.82) is 0 Å². The van der Waals surface area contributed by atoms with Gasteiger partial charge < -0.3 is 9.30 Å². The summed E-state index contributed by atoms with van der Waals surface area (Å²) in [5, 5.41) is 7.79. The van der Waals surface area contributed by atoms with E-state index in [1.165, 1.54) is 98.2 Å². The molecule has 1 aliphatic heterocycles. The molecule has 0 saturated carbocycles. The lowest BCUT2D eigenvalue weighted by atomic mass is 9.82. The van der Waals surface area contributed by atoms with Gasteiger partial charge in [-0.3, -0.25) is 0 Å². The zero-order chi connectivity index (χ0) is 42.2. The van der Waals surface area contributed by atoms with Gasteiger partial charge in [-0.25, -0.2) is 0 Å². The first-order chi connectivity index (χ1) is 30.8. The Morgan fingerprint density at radius 3 is 1.71 bits per heavy atom. The van der Waals surface area contributed by atoms with Crippen LogP contribution in [0.4, 0.5) is 0 Å². The summed E-state index contributed by atoms with van der Waals surface area (Å²) in [5.41, 5.74) is 16.6. The number of aromatic nitrogens is 1. The highest BCUT2D eigenvalue weighted by Crippen LogP contribution is 2.53. The van der Waals surface area contributed by atoms with Crippen molar-refractivity contribution in [2.75, 3.05) is 0 Å². The molecule has 0 amide bonds. The quantitative estimate of drug-likeness (QED) is 0.161. The summed E-state index contributed by atoms with van der Waals surface area (Å²) < 4.78 is 9.59. The minimum atomic E-state index is -3.06. The average molecular weight is 824 g/mol. The molecule has 2 aliphatic carbocycles. The van der Waals surface area contributed by atoms with Crippen molar-refractivity contribution in [3.05, 3.63) is 222 Å². The molecule has 1 aromatic heterocycles. The van der Waals surface area contributed by atoms with E-state index in [1.54, 1.807) is 0 Å². The number of nitrogens with zero attached hydrogens (tertiary/aromatic N) is 1. The minimum Gasteiger partial charge on any atom is -0.458 e. The van der Waals surface area contributed by atoms with Gasteiger partial charge in [-0.15, -0.1) is 0 Å². The number of fused-ring (bicyclic) bond motifs is 11. The second kappa shape index (κ2) is 12.9. The zero-order valence-corrected chi connectivity index (χ0v) is 36.9. The Balaban J connectivity index is 1.07. The van der Waals surface area contributed by atoms with Crippen LogP contribution in [0.2, 0.25) is 0 Å². The van der Waals surface area contributed by atoms with E-state index in [-0.39, 0.29) is 10.8 Å². The Morgan fingerprint density at radius 1 is 0.397 bits per heavy atom. The first kappa shape index (κ1) is 36.5. The van der Waals surface area contributed by atoms with E-state index >= 15 is 0 Å². The van der Waals surface area contributed by atoms with Crippen LogP contribution in [0.15, 0.2) is 200 Å². The van der Waals surface area contributed by atoms with E-state index in [1.807, 2.05) is 0 Å². The third kappa shape index (κ3) is 4.83. The summed E-state index contributed by atoms with van der Waals surface area (Å²) >= 11 is 0. The summed E-state index contributed by atoms with van der Waals surface area (Å²) in [7, 11) is -3.06. The summed E-state index contributed by atoms with van der Waals surface area (Å²) in [6, 6.07) is 75.4. The fraction of sp³-hybridized carbons (Fsp3) is 0.100. The van der Waals surface area contributed by atoms with Crippen molar-refractivity contribution in [3.63, 3.8) is 0 Å². The second-order valence-corrected chi connectivity index (χ2v) is 22.5. The van der Waals surface area contributed by atoms with Gasteiger partial charge in [0.15, 0.2) is 8.07 Å². The summed E-state index contributed by atoms with van der Waals surface area (Å²) in [6.45, 7) is 9.51. The van der Waals surface area contributed by atoms with Crippen LogP contribution in [0.3, 0.4) is 0 Å². The molecule has 63 heavy (non-hydrogen) atoms. The van der Waals surface area contributed by atoms with Crippen molar-refractivity contribution in [2.45, 2.75) is 38.5 Å². The Hall–Kier alpha value is -7.20. The maximum absolute atomic E-state index is 7.16. The lowest BCUT2D eigenvalue weighted by Crippen LogP contribution is -2.76. The third-order valence-corrected chi connectivity index (χ3v) is 19.8. The summed E-state index contributed by atoms with van der Waals surface area (Å²) in [6.07, 6.45) is 0. The minimum absolute atomic E-state index is 0.0833. The number of ether oxygens (including phenoxy) is 1.